The van der Waals surface area contributed by atoms with Crippen molar-refractivity contribution in [2.45, 2.75) is 0 Å². The molecule has 3 aromatic rings. The zero-order chi connectivity index (χ0) is 20.0. The van der Waals surface area contributed by atoms with E-state index in [0.29, 0.717) is 11.1 Å². The van der Waals surface area contributed by atoms with Crippen LogP contribution in [0.15, 0.2) is 48.8 Å². The van der Waals surface area contributed by atoms with Crippen LogP contribution in [0.4, 0.5) is 5.69 Å². The molecule has 0 saturated carbocycles. The average Bonchev–Trinajstić information content (AvgIpc) is 3.29. The fraction of sp³-hybridized carbons (Fsp3) is 0. The Morgan fingerprint density at radius 1 is 0.893 bits per heavy atom. The van der Waals surface area contributed by atoms with Crippen molar-refractivity contribution >= 4 is 29.4 Å². The Labute approximate surface area is 156 Å². The topological polar surface area (TPSA) is 141 Å². The van der Waals surface area contributed by atoms with Crippen LogP contribution in [-0.2, 0) is 0 Å². The number of fused-ring (bicyclic) bond motifs is 1. The Morgan fingerprint density at radius 3 is 2.29 bits per heavy atom. The molecule has 3 N–H and O–H groups in total. The van der Waals surface area contributed by atoms with Crippen LogP contribution in [0.1, 0.15) is 41.4 Å². The summed E-state index contributed by atoms with van der Waals surface area (Å²) in [7, 11) is 0. The minimum absolute atomic E-state index is 0.0187. The predicted molar refractivity (Wildman–Crippen MR) is 95.5 cm³/mol. The summed E-state index contributed by atoms with van der Waals surface area (Å²) in [5.74, 6) is -4.04. The van der Waals surface area contributed by atoms with Crippen LogP contribution >= 0.6 is 0 Å². The van der Waals surface area contributed by atoms with Crippen molar-refractivity contribution < 1.29 is 29.4 Å². The van der Waals surface area contributed by atoms with Gasteiger partial charge in [0.25, 0.3) is 11.8 Å². The number of rotatable bonds is 4. The average molecular weight is 377 g/mol. The predicted octanol–water partition coefficient (Wildman–Crippen LogP) is 2.27. The lowest BCUT2D eigenvalue weighted by atomic mass is 10.0. The molecular weight excluding hydrogens is 366 g/mol. The zero-order valence-corrected chi connectivity index (χ0v) is 14.0. The van der Waals surface area contributed by atoms with E-state index in [1.54, 1.807) is 12.3 Å². The van der Waals surface area contributed by atoms with E-state index in [1.165, 1.54) is 30.5 Å². The number of benzene rings is 2. The Hall–Kier alpha value is -4.27. The first-order chi connectivity index (χ1) is 13.4. The van der Waals surface area contributed by atoms with Crippen molar-refractivity contribution in [3.8, 4) is 11.1 Å². The summed E-state index contributed by atoms with van der Waals surface area (Å²) in [4.78, 5) is 49.2. The normalized spacial score (nSPS) is 12.9. The van der Waals surface area contributed by atoms with Gasteiger partial charge in [0.05, 0.1) is 34.1 Å². The minimum Gasteiger partial charge on any atom is -0.478 e. The largest absolute Gasteiger partial charge is 0.478 e. The number of carboxylic acids is 2. The molecule has 0 atom stereocenters. The van der Waals surface area contributed by atoms with Crippen molar-refractivity contribution in [1.82, 2.24) is 10.2 Å². The number of hydrogen-bond acceptors (Lipinski definition) is 5. The van der Waals surface area contributed by atoms with Gasteiger partial charge in [0.2, 0.25) is 0 Å². The van der Waals surface area contributed by atoms with Crippen LogP contribution < -0.4 is 4.90 Å². The number of imide groups is 1. The zero-order valence-electron chi connectivity index (χ0n) is 14.0. The summed E-state index contributed by atoms with van der Waals surface area (Å²) in [6.07, 6.45) is 3.09. The maximum absolute atomic E-state index is 12.8. The number of nitrogens with zero attached hydrogens (tertiary/aromatic N) is 2. The number of aromatic amines is 1. The van der Waals surface area contributed by atoms with Crippen LogP contribution in [0.2, 0.25) is 0 Å². The highest BCUT2D eigenvalue weighted by Crippen LogP contribution is 2.33. The number of carboxylic acid groups (broad SMARTS) is 2. The lowest BCUT2D eigenvalue weighted by Gasteiger charge is -2.17. The maximum Gasteiger partial charge on any atom is 0.337 e. The van der Waals surface area contributed by atoms with Crippen molar-refractivity contribution in [2.75, 3.05) is 4.90 Å². The molecule has 2 aromatic carbocycles. The third kappa shape index (κ3) is 2.53. The summed E-state index contributed by atoms with van der Waals surface area (Å²) >= 11 is 0. The molecule has 0 radical (unpaired) electrons. The molecule has 0 saturated heterocycles. The SMILES string of the molecule is O=C(O)c1ccc2c(c1)C(=O)N(c1ccc(-c3cn[nH]c3)cc1C(=O)O)C2=O. The molecule has 1 aliphatic rings. The van der Waals surface area contributed by atoms with Crippen molar-refractivity contribution in [3.63, 3.8) is 0 Å². The molecular formula is C19H11N3O6. The highest BCUT2D eigenvalue weighted by molar-refractivity contribution is 6.35. The molecule has 1 aliphatic heterocycles. The molecule has 28 heavy (non-hydrogen) atoms. The van der Waals surface area contributed by atoms with E-state index >= 15 is 0 Å². The van der Waals surface area contributed by atoms with Gasteiger partial charge < -0.3 is 10.2 Å². The molecule has 0 spiro atoms. The molecule has 0 fully saturated rings. The molecule has 9 heteroatoms. The second-order valence-electron chi connectivity index (χ2n) is 6.04. The molecule has 2 heterocycles. The molecule has 138 valence electrons. The molecule has 4 rings (SSSR count). The fourth-order valence-electron chi connectivity index (χ4n) is 3.08. The molecule has 1 aromatic heterocycles. The number of H-pyrrole nitrogens is 1. The van der Waals surface area contributed by atoms with Crippen molar-refractivity contribution in [2.24, 2.45) is 0 Å². The highest BCUT2D eigenvalue weighted by atomic mass is 16.4. The number of anilines is 1. The van der Waals surface area contributed by atoms with E-state index in [-0.39, 0.29) is 27.9 Å². The van der Waals surface area contributed by atoms with Crippen LogP contribution in [0, 0.1) is 0 Å². The maximum atomic E-state index is 12.8. The molecule has 9 nitrogen and oxygen atoms in total. The van der Waals surface area contributed by atoms with Gasteiger partial charge in [0.15, 0.2) is 0 Å². The van der Waals surface area contributed by atoms with Crippen LogP contribution in [-0.4, -0.2) is 44.2 Å². The van der Waals surface area contributed by atoms with Gasteiger partial charge in [-0.3, -0.25) is 14.7 Å². The Bertz CT molecular complexity index is 1170. The molecule has 0 bridgehead atoms. The number of amides is 2. The summed E-state index contributed by atoms with van der Waals surface area (Å²) in [5.41, 5.74) is 0.637. The number of carbonyl (C=O) groups is 4. The first kappa shape index (κ1) is 17.2. The lowest BCUT2D eigenvalue weighted by molar-refractivity contribution is 0.0686. The molecule has 2 amide bonds. The second-order valence-corrected chi connectivity index (χ2v) is 6.04. The van der Waals surface area contributed by atoms with Crippen molar-refractivity contribution in [1.29, 1.82) is 0 Å². The van der Waals surface area contributed by atoms with E-state index in [2.05, 4.69) is 10.2 Å². The first-order valence-corrected chi connectivity index (χ1v) is 8.01. The van der Waals surface area contributed by atoms with Crippen LogP contribution in [0.3, 0.4) is 0 Å². The van der Waals surface area contributed by atoms with Crippen molar-refractivity contribution in [3.05, 3.63) is 71.0 Å². The van der Waals surface area contributed by atoms with Gasteiger partial charge >= 0.3 is 11.9 Å². The minimum atomic E-state index is -1.32. The number of aromatic carboxylic acids is 2. The van der Waals surface area contributed by atoms with E-state index in [0.717, 1.165) is 11.0 Å². The van der Waals surface area contributed by atoms with Gasteiger partial charge in [-0.1, -0.05) is 6.07 Å². The van der Waals surface area contributed by atoms with E-state index in [1.807, 2.05) is 0 Å². The summed E-state index contributed by atoms with van der Waals surface area (Å²) in [6, 6.07) is 7.85. The Balaban J connectivity index is 1.83. The van der Waals surface area contributed by atoms with Gasteiger partial charge in [-0.25, -0.2) is 14.5 Å². The molecule has 0 aliphatic carbocycles. The first-order valence-electron chi connectivity index (χ1n) is 8.01. The second kappa shape index (κ2) is 6.16. The third-order valence-electron chi connectivity index (χ3n) is 4.43. The van der Waals surface area contributed by atoms with Gasteiger partial charge in [-0.15, -0.1) is 0 Å². The number of nitrogens with one attached hydrogen (secondary N) is 1. The monoisotopic (exact) mass is 377 g/mol. The summed E-state index contributed by atoms with van der Waals surface area (Å²) in [5, 5.41) is 25.1. The smallest absolute Gasteiger partial charge is 0.337 e. The quantitative estimate of drug-likeness (QED) is 0.592. The Kier molecular flexibility index (Phi) is 3.78. The van der Waals surface area contributed by atoms with Gasteiger partial charge in [-0.05, 0) is 35.9 Å². The number of aromatic nitrogens is 2. The van der Waals surface area contributed by atoms with E-state index in [4.69, 9.17) is 5.11 Å². The van der Waals surface area contributed by atoms with Gasteiger partial charge in [-0.2, -0.15) is 5.10 Å². The number of hydrogen-bond donors (Lipinski definition) is 3. The third-order valence-corrected chi connectivity index (χ3v) is 4.43. The lowest BCUT2D eigenvalue weighted by Crippen LogP contribution is -2.31. The fourth-order valence-corrected chi connectivity index (χ4v) is 3.08. The standard InChI is InChI=1S/C19H11N3O6/c23-16-12-3-1-10(18(25)26)6-13(12)17(24)22(16)15-4-2-9(5-14(15)19(27)28)11-7-20-21-8-11/h1-8H,(H,20,21)(H,25,26)(H,27,28). The van der Waals surface area contributed by atoms with Gasteiger partial charge in [0, 0.05) is 11.8 Å². The van der Waals surface area contributed by atoms with Gasteiger partial charge in [0.1, 0.15) is 0 Å². The van der Waals surface area contributed by atoms with E-state index < -0.39 is 23.8 Å². The Morgan fingerprint density at radius 2 is 1.64 bits per heavy atom. The highest BCUT2D eigenvalue weighted by Gasteiger charge is 2.39. The van der Waals surface area contributed by atoms with Crippen LogP contribution in [0.25, 0.3) is 11.1 Å². The summed E-state index contributed by atoms with van der Waals surface area (Å²) < 4.78 is 0. The molecule has 0 unspecified atom stereocenters. The summed E-state index contributed by atoms with van der Waals surface area (Å²) in [6.45, 7) is 0. The van der Waals surface area contributed by atoms with E-state index in [9.17, 15) is 24.3 Å². The van der Waals surface area contributed by atoms with Crippen LogP contribution in [0.5, 0.6) is 0 Å². The number of carbonyl (C=O) groups excluding carboxylic acids is 2.